The molecule has 0 aliphatic heterocycles. The van der Waals surface area contributed by atoms with Crippen LogP contribution in [0.15, 0.2) is 18.2 Å². The molecule has 144 valence electrons. The summed E-state index contributed by atoms with van der Waals surface area (Å²) in [5.74, 6) is 0. The van der Waals surface area contributed by atoms with Crippen molar-refractivity contribution in [3.8, 4) is 0 Å². The van der Waals surface area contributed by atoms with Gasteiger partial charge in [-0.05, 0) is 54.0 Å². The van der Waals surface area contributed by atoms with Gasteiger partial charge in [-0.3, -0.25) is 10.1 Å². The smallest absolute Gasteiger partial charge is 0.420 e. The average molecular weight is 366 g/mol. The van der Waals surface area contributed by atoms with Gasteiger partial charge in [0.2, 0.25) is 0 Å². The van der Waals surface area contributed by atoms with Crippen molar-refractivity contribution < 1.29 is 24.0 Å². The molecule has 1 aromatic carbocycles. The molecule has 8 nitrogen and oxygen atoms in total. The molecule has 0 aromatic heterocycles. The molecule has 0 saturated heterocycles. The van der Waals surface area contributed by atoms with Gasteiger partial charge >= 0.3 is 12.2 Å². The largest absolute Gasteiger partial charge is 0.443 e. The predicted molar refractivity (Wildman–Crippen MR) is 95.8 cm³/mol. The van der Waals surface area contributed by atoms with Gasteiger partial charge in [0.25, 0.3) is 5.69 Å². The van der Waals surface area contributed by atoms with Crippen LogP contribution in [0.3, 0.4) is 0 Å². The molecule has 0 radical (unpaired) electrons. The monoisotopic (exact) mass is 366 g/mol. The predicted octanol–water partition coefficient (Wildman–Crippen LogP) is 4.58. The van der Waals surface area contributed by atoms with Crippen molar-refractivity contribution >= 4 is 17.9 Å². The van der Waals surface area contributed by atoms with E-state index in [1.807, 2.05) is 0 Å². The van der Waals surface area contributed by atoms with E-state index in [2.05, 4.69) is 0 Å². The Bertz CT molecular complexity index is 673. The van der Waals surface area contributed by atoms with Gasteiger partial charge in [-0.25, -0.2) is 14.5 Å². The second-order valence-electron chi connectivity index (χ2n) is 7.87. The number of amides is 2. The summed E-state index contributed by atoms with van der Waals surface area (Å²) < 4.78 is 10.6. The molecule has 0 unspecified atom stereocenters. The van der Waals surface area contributed by atoms with Crippen LogP contribution in [0.2, 0.25) is 0 Å². The maximum Gasteiger partial charge on any atom is 0.420 e. The standard InChI is InChI=1S/C18H26N2O6/c1-12-13(9-8-10-14(12)20(23)24)11-19(15(21)25-17(2,3)4)16(22)26-18(5,6)7/h8-10H,11H2,1-7H3. The highest BCUT2D eigenvalue weighted by Crippen LogP contribution is 2.24. The van der Waals surface area contributed by atoms with Gasteiger partial charge in [0.1, 0.15) is 11.2 Å². The number of benzene rings is 1. The summed E-state index contributed by atoms with van der Waals surface area (Å²) in [5.41, 5.74) is -0.884. The summed E-state index contributed by atoms with van der Waals surface area (Å²) in [6.07, 6.45) is -1.75. The van der Waals surface area contributed by atoms with Crippen LogP contribution >= 0.6 is 0 Å². The summed E-state index contributed by atoms with van der Waals surface area (Å²) in [6.45, 7) is 11.4. The number of rotatable bonds is 3. The fourth-order valence-corrected chi connectivity index (χ4v) is 2.05. The van der Waals surface area contributed by atoms with Gasteiger partial charge in [-0.15, -0.1) is 0 Å². The zero-order valence-corrected chi connectivity index (χ0v) is 16.3. The van der Waals surface area contributed by atoms with Gasteiger partial charge in [0.15, 0.2) is 0 Å². The number of imide groups is 1. The summed E-state index contributed by atoms with van der Waals surface area (Å²) in [7, 11) is 0. The minimum absolute atomic E-state index is 0.0872. The van der Waals surface area contributed by atoms with E-state index < -0.39 is 28.3 Å². The number of hydrogen-bond acceptors (Lipinski definition) is 6. The highest BCUT2D eigenvalue weighted by atomic mass is 16.6. The lowest BCUT2D eigenvalue weighted by Gasteiger charge is -2.28. The molecule has 8 heteroatoms. The molecule has 0 bridgehead atoms. The number of ether oxygens (including phenoxy) is 2. The molecule has 0 spiro atoms. The van der Waals surface area contributed by atoms with Crippen molar-refractivity contribution in [1.29, 1.82) is 0 Å². The molecule has 26 heavy (non-hydrogen) atoms. The van der Waals surface area contributed by atoms with E-state index in [1.54, 1.807) is 54.5 Å². The van der Waals surface area contributed by atoms with E-state index in [1.165, 1.54) is 12.1 Å². The summed E-state index contributed by atoms with van der Waals surface area (Å²) >= 11 is 0. The van der Waals surface area contributed by atoms with Crippen LogP contribution in [-0.2, 0) is 16.0 Å². The van der Waals surface area contributed by atoms with E-state index in [4.69, 9.17) is 9.47 Å². The number of carbonyl (C=O) groups is 2. The Hall–Kier alpha value is -2.64. The number of nitro groups is 1. The maximum atomic E-state index is 12.5. The molecule has 1 rings (SSSR count). The van der Waals surface area contributed by atoms with E-state index in [0.29, 0.717) is 11.1 Å². The van der Waals surface area contributed by atoms with E-state index in [9.17, 15) is 19.7 Å². The lowest BCUT2D eigenvalue weighted by atomic mass is 10.1. The Kier molecular flexibility index (Phi) is 6.35. The van der Waals surface area contributed by atoms with Crippen molar-refractivity contribution in [2.75, 3.05) is 0 Å². The second-order valence-corrected chi connectivity index (χ2v) is 7.87. The summed E-state index contributed by atoms with van der Waals surface area (Å²) in [5, 5.41) is 11.1. The fourth-order valence-electron chi connectivity index (χ4n) is 2.05. The van der Waals surface area contributed by atoms with Crippen LogP contribution in [0, 0.1) is 17.0 Å². The summed E-state index contributed by atoms with van der Waals surface area (Å²) in [4.78, 5) is 36.4. The molecule has 1 aromatic rings. The normalized spacial score (nSPS) is 11.7. The average Bonchev–Trinajstić information content (AvgIpc) is 2.41. The molecule has 0 N–H and O–H groups in total. The van der Waals surface area contributed by atoms with Gasteiger partial charge in [-0.2, -0.15) is 0 Å². The number of hydrogen-bond donors (Lipinski definition) is 0. The highest BCUT2D eigenvalue weighted by Gasteiger charge is 2.32. The number of nitrogens with zero attached hydrogens (tertiary/aromatic N) is 2. The molecule has 0 heterocycles. The number of nitro benzene ring substituents is 1. The highest BCUT2D eigenvalue weighted by molar-refractivity contribution is 5.88. The van der Waals surface area contributed by atoms with Crippen LogP contribution < -0.4 is 0 Å². The Labute approximate surface area is 153 Å². The van der Waals surface area contributed by atoms with Gasteiger partial charge in [-0.1, -0.05) is 12.1 Å². The lowest BCUT2D eigenvalue weighted by Crippen LogP contribution is -2.43. The molecular weight excluding hydrogens is 340 g/mol. The Balaban J connectivity index is 3.21. The minimum Gasteiger partial charge on any atom is -0.443 e. The summed E-state index contributed by atoms with van der Waals surface area (Å²) in [6, 6.07) is 4.48. The Morgan fingerprint density at radius 2 is 1.50 bits per heavy atom. The first kappa shape index (κ1) is 21.4. The minimum atomic E-state index is -0.877. The van der Waals surface area contributed by atoms with Crippen LogP contribution in [0.25, 0.3) is 0 Å². The first-order chi connectivity index (χ1) is 11.7. The van der Waals surface area contributed by atoms with Crippen LogP contribution in [0.4, 0.5) is 15.3 Å². The van der Waals surface area contributed by atoms with Crippen molar-refractivity contribution in [3.63, 3.8) is 0 Å². The first-order valence-corrected chi connectivity index (χ1v) is 8.17. The van der Waals surface area contributed by atoms with Gasteiger partial charge in [0.05, 0.1) is 11.5 Å². The van der Waals surface area contributed by atoms with Crippen LogP contribution in [-0.4, -0.2) is 33.2 Å². The third kappa shape index (κ3) is 6.34. The maximum absolute atomic E-state index is 12.5. The van der Waals surface area contributed by atoms with Gasteiger partial charge in [0, 0.05) is 11.6 Å². The topological polar surface area (TPSA) is 99.0 Å². The fraction of sp³-hybridized carbons (Fsp3) is 0.556. The van der Waals surface area contributed by atoms with Crippen molar-refractivity contribution in [1.82, 2.24) is 4.90 Å². The second kappa shape index (κ2) is 7.72. The third-order valence-corrected chi connectivity index (χ3v) is 3.17. The van der Waals surface area contributed by atoms with Crippen LogP contribution in [0.5, 0.6) is 0 Å². The Morgan fingerprint density at radius 3 is 1.88 bits per heavy atom. The zero-order chi connectivity index (χ0) is 20.3. The molecule has 0 saturated carbocycles. The SMILES string of the molecule is Cc1c(CN(C(=O)OC(C)(C)C)C(=O)OC(C)(C)C)cccc1[N+](=O)[O-]. The van der Waals surface area contributed by atoms with E-state index in [-0.39, 0.29) is 12.2 Å². The molecule has 0 aliphatic rings. The van der Waals surface area contributed by atoms with Gasteiger partial charge < -0.3 is 9.47 Å². The van der Waals surface area contributed by atoms with Crippen molar-refractivity contribution in [3.05, 3.63) is 39.4 Å². The Morgan fingerprint density at radius 1 is 1.04 bits per heavy atom. The molecular formula is C18H26N2O6. The third-order valence-electron chi connectivity index (χ3n) is 3.17. The quantitative estimate of drug-likeness (QED) is 0.574. The van der Waals surface area contributed by atoms with E-state index >= 15 is 0 Å². The van der Waals surface area contributed by atoms with Crippen molar-refractivity contribution in [2.45, 2.75) is 66.2 Å². The molecule has 0 atom stereocenters. The zero-order valence-electron chi connectivity index (χ0n) is 16.3. The molecule has 0 aliphatic carbocycles. The van der Waals surface area contributed by atoms with Crippen LogP contribution in [0.1, 0.15) is 52.7 Å². The van der Waals surface area contributed by atoms with Crippen molar-refractivity contribution in [2.24, 2.45) is 0 Å². The first-order valence-electron chi connectivity index (χ1n) is 8.17. The lowest BCUT2D eigenvalue weighted by molar-refractivity contribution is -0.385. The van der Waals surface area contributed by atoms with E-state index in [0.717, 1.165) is 4.90 Å². The molecule has 0 fully saturated rings. The molecule has 2 amide bonds. The number of carbonyl (C=O) groups excluding carboxylic acids is 2.